The number of ketones is 1. The second kappa shape index (κ2) is 9.26. The van der Waals surface area contributed by atoms with Gasteiger partial charge in [0, 0.05) is 47.9 Å². The van der Waals surface area contributed by atoms with Gasteiger partial charge in [-0.25, -0.2) is 0 Å². The Morgan fingerprint density at radius 1 is 1.16 bits per heavy atom. The third kappa shape index (κ3) is 4.37. The summed E-state index contributed by atoms with van der Waals surface area (Å²) in [7, 11) is 0. The number of carbonyl (C=O) groups is 2. The summed E-state index contributed by atoms with van der Waals surface area (Å²) in [4.78, 5) is 41.6. The summed E-state index contributed by atoms with van der Waals surface area (Å²) in [5.74, 6) is -1.96. The maximum atomic E-state index is 13.2. The van der Waals surface area contributed by atoms with Gasteiger partial charge in [-0.2, -0.15) is 0 Å². The van der Waals surface area contributed by atoms with Crippen LogP contribution >= 0.6 is 0 Å². The molecule has 0 amide bonds. The predicted molar refractivity (Wildman–Crippen MR) is 119 cm³/mol. The number of aliphatic imine (C=N–C) groups is 1. The number of nitro groups is 1. The quantitative estimate of drug-likeness (QED) is 0.378. The number of rotatable bonds is 6. The lowest BCUT2D eigenvalue weighted by atomic mass is 9.71. The molecular weight excluding hydrogens is 408 g/mol. The van der Waals surface area contributed by atoms with Gasteiger partial charge in [-0.3, -0.25) is 24.7 Å². The number of Topliss-reactive ketones (excluding diaryl/α,β-unsaturated/α-hetero) is 1. The van der Waals surface area contributed by atoms with E-state index in [2.05, 4.69) is 4.99 Å². The SMILES string of the molecule is CC1=NC2=C(C(=O)CCC2)[C@@H](c2cccc([N+](=O)[O-])c2)C1C(=O)OCCc1ccccc1. The van der Waals surface area contributed by atoms with Gasteiger partial charge in [0.05, 0.1) is 11.5 Å². The van der Waals surface area contributed by atoms with Gasteiger partial charge in [0.2, 0.25) is 0 Å². The molecule has 32 heavy (non-hydrogen) atoms. The number of hydrogen-bond donors (Lipinski definition) is 0. The Balaban J connectivity index is 1.66. The van der Waals surface area contributed by atoms with Gasteiger partial charge in [-0.1, -0.05) is 42.5 Å². The Morgan fingerprint density at radius 2 is 1.94 bits per heavy atom. The fourth-order valence-corrected chi connectivity index (χ4v) is 4.51. The average Bonchev–Trinajstić information content (AvgIpc) is 2.79. The number of ether oxygens (including phenoxy) is 1. The zero-order chi connectivity index (χ0) is 22.7. The van der Waals surface area contributed by atoms with Crippen LogP contribution in [0.5, 0.6) is 0 Å². The lowest BCUT2D eigenvalue weighted by Gasteiger charge is -2.34. The molecule has 2 atom stereocenters. The minimum Gasteiger partial charge on any atom is -0.465 e. The molecule has 2 aromatic carbocycles. The Hall–Kier alpha value is -3.61. The zero-order valence-electron chi connectivity index (χ0n) is 17.8. The highest BCUT2D eigenvalue weighted by atomic mass is 16.6. The third-order valence-corrected chi connectivity index (χ3v) is 6.01. The van der Waals surface area contributed by atoms with E-state index < -0.39 is 22.7 Å². The van der Waals surface area contributed by atoms with E-state index in [9.17, 15) is 19.7 Å². The van der Waals surface area contributed by atoms with Crippen molar-refractivity contribution in [2.24, 2.45) is 10.9 Å². The van der Waals surface area contributed by atoms with Crippen molar-refractivity contribution in [3.05, 3.63) is 87.1 Å². The molecule has 0 fully saturated rings. The molecule has 1 unspecified atom stereocenters. The normalized spacial score (nSPS) is 20.4. The minimum atomic E-state index is -0.798. The molecule has 0 saturated carbocycles. The lowest BCUT2D eigenvalue weighted by molar-refractivity contribution is -0.384. The molecule has 7 nitrogen and oxygen atoms in total. The first kappa shape index (κ1) is 21.6. The van der Waals surface area contributed by atoms with Crippen molar-refractivity contribution >= 4 is 23.2 Å². The van der Waals surface area contributed by atoms with Crippen molar-refractivity contribution in [2.45, 2.75) is 38.5 Å². The molecule has 2 aliphatic rings. The number of esters is 1. The summed E-state index contributed by atoms with van der Waals surface area (Å²) < 4.78 is 5.61. The van der Waals surface area contributed by atoms with E-state index in [-0.39, 0.29) is 18.1 Å². The van der Waals surface area contributed by atoms with E-state index in [1.807, 2.05) is 30.3 Å². The van der Waals surface area contributed by atoms with E-state index in [0.717, 1.165) is 5.56 Å². The molecule has 0 radical (unpaired) electrons. The average molecular weight is 432 g/mol. The molecule has 2 aromatic rings. The van der Waals surface area contributed by atoms with Gasteiger partial charge in [-0.05, 0) is 30.9 Å². The van der Waals surface area contributed by atoms with Gasteiger partial charge in [0.25, 0.3) is 5.69 Å². The van der Waals surface area contributed by atoms with Crippen molar-refractivity contribution in [2.75, 3.05) is 6.61 Å². The molecule has 0 saturated heterocycles. The molecule has 0 spiro atoms. The molecule has 0 bridgehead atoms. The van der Waals surface area contributed by atoms with E-state index in [4.69, 9.17) is 4.74 Å². The number of allylic oxidation sites excluding steroid dienone is 2. The van der Waals surface area contributed by atoms with Crippen LogP contribution in [0, 0.1) is 16.0 Å². The van der Waals surface area contributed by atoms with Gasteiger partial charge < -0.3 is 4.74 Å². The first-order chi connectivity index (χ1) is 15.5. The largest absolute Gasteiger partial charge is 0.465 e. The summed E-state index contributed by atoms with van der Waals surface area (Å²) in [6.07, 6.45) is 2.32. The highest BCUT2D eigenvalue weighted by Gasteiger charge is 2.43. The second-order valence-electron chi connectivity index (χ2n) is 8.10. The highest BCUT2D eigenvalue weighted by molar-refractivity contribution is 6.08. The molecule has 0 aromatic heterocycles. The molecular formula is C25H24N2O5. The van der Waals surface area contributed by atoms with Gasteiger partial charge in [0.15, 0.2) is 5.78 Å². The lowest BCUT2D eigenvalue weighted by Crippen LogP contribution is -2.37. The Bertz CT molecular complexity index is 1120. The van der Waals surface area contributed by atoms with Gasteiger partial charge >= 0.3 is 5.97 Å². The summed E-state index contributed by atoms with van der Waals surface area (Å²) in [6, 6.07) is 15.9. The van der Waals surface area contributed by atoms with Crippen LogP contribution in [0.1, 0.15) is 43.2 Å². The van der Waals surface area contributed by atoms with Crippen molar-refractivity contribution in [1.29, 1.82) is 0 Å². The van der Waals surface area contributed by atoms with E-state index in [1.165, 1.54) is 12.1 Å². The van der Waals surface area contributed by atoms with Gasteiger partial charge in [-0.15, -0.1) is 0 Å². The van der Waals surface area contributed by atoms with E-state index in [1.54, 1.807) is 19.1 Å². The highest BCUT2D eigenvalue weighted by Crippen LogP contribution is 2.44. The summed E-state index contributed by atoms with van der Waals surface area (Å²) in [5.41, 5.74) is 3.28. The van der Waals surface area contributed by atoms with E-state index in [0.29, 0.717) is 48.2 Å². The summed E-state index contributed by atoms with van der Waals surface area (Å²) in [6.45, 7) is 1.96. The number of nitrogens with zero attached hydrogens (tertiary/aromatic N) is 2. The van der Waals surface area contributed by atoms with Crippen molar-refractivity contribution in [3.63, 3.8) is 0 Å². The van der Waals surface area contributed by atoms with Crippen LogP contribution in [-0.4, -0.2) is 29.0 Å². The van der Waals surface area contributed by atoms with E-state index >= 15 is 0 Å². The van der Waals surface area contributed by atoms with Crippen LogP contribution in [0.4, 0.5) is 5.69 Å². The standard InChI is InChI=1S/C25H24N2O5/c1-16-22(25(29)32-14-13-17-7-3-2-4-8-17)23(18-9-5-10-19(15-18)27(30)31)24-20(26-16)11-6-12-21(24)28/h2-5,7-10,15,22-23H,6,11-14H2,1H3/t22?,23-/m0/s1. The number of carbonyl (C=O) groups excluding carboxylic acids is 2. The number of non-ortho nitro benzene ring substituents is 1. The molecule has 0 N–H and O–H groups in total. The third-order valence-electron chi connectivity index (χ3n) is 6.01. The molecule has 1 aliphatic heterocycles. The van der Waals surface area contributed by atoms with Gasteiger partial charge in [0.1, 0.15) is 5.92 Å². The molecule has 1 aliphatic carbocycles. The van der Waals surface area contributed by atoms with Crippen LogP contribution in [-0.2, 0) is 20.7 Å². The summed E-state index contributed by atoms with van der Waals surface area (Å²) in [5, 5.41) is 11.4. The fraction of sp³-hybridized carbons (Fsp3) is 0.320. The minimum absolute atomic E-state index is 0.0545. The Kier molecular flexibility index (Phi) is 6.25. The van der Waals surface area contributed by atoms with Crippen LogP contribution in [0.25, 0.3) is 0 Å². The Morgan fingerprint density at radius 3 is 2.69 bits per heavy atom. The maximum absolute atomic E-state index is 13.2. The van der Waals surface area contributed by atoms with Crippen LogP contribution < -0.4 is 0 Å². The number of nitro benzene ring substituents is 1. The molecule has 1 heterocycles. The monoisotopic (exact) mass is 432 g/mol. The first-order valence-corrected chi connectivity index (χ1v) is 10.7. The maximum Gasteiger partial charge on any atom is 0.315 e. The second-order valence-corrected chi connectivity index (χ2v) is 8.10. The van der Waals surface area contributed by atoms with Crippen molar-refractivity contribution in [1.82, 2.24) is 0 Å². The van der Waals surface area contributed by atoms with Crippen LogP contribution in [0.15, 0.2) is 70.9 Å². The van der Waals surface area contributed by atoms with Crippen LogP contribution in [0.2, 0.25) is 0 Å². The van der Waals surface area contributed by atoms with Crippen molar-refractivity contribution in [3.8, 4) is 0 Å². The van der Waals surface area contributed by atoms with Crippen LogP contribution in [0.3, 0.4) is 0 Å². The predicted octanol–water partition coefficient (Wildman–Crippen LogP) is 4.56. The first-order valence-electron chi connectivity index (χ1n) is 10.7. The molecule has 4 rings (SSSR count). The Labute approximate surface area is 186 Å². The fourth-order valence-electron chi connectivity index (χ4n) is 4.51. The summed E-state index contributed by atoms with van der Waals surface area (Å²) >= 11 is 0. The number of hydrogen-bond acceptors (Lipinski definition) is 6. The van der Waals surface area contributed by atoms with Crippen molar-refractivity contribution < 1.29 is 19.2 Å². The zero-order valence-corrected chi connectivity index (χ0v) is 17.8. The smallest absolute Gasteiger partial charge is 0.315 e. The topological polar surface area (TPSA) is 98.9 Å². The molecule has 7 heteroatoms. The molecule has 164 valence electrons. The number of benzene rings is 2.